The van der Waals surface area contributed by atoms with Gasteiger partial charge in [0.25, 0.3) is 0 Å². The zero-order valence-electron chi connectivity index (χ0n) is 13.7. The van der Waals surface area contributed by atoms with Gasteiger partial charge >= 0.3 is 0 Å². The van der Waals surface area contributed by atoms with Crippen LogP contribution in [0.15, 0.2) is 59.8 Å². The van der Waals surface area contributed by atoms with Crippen LogP contribution in [-0.2, 0) is 13.0 Å². The number of hydrogen-bond donors (Lipinski definition) is 0. The molecule has 1 aliphatic heterocycles. The summed E-state index contributed by atoms with van der Waals surface area (Å²) in [7, 11) is 4.10. The van der Waals surface area contributed by atoms with Gasteiger partial charge in [-0.2, -0.15) is 4.57 Å². The highest BCUT2D eigenvalue weighted by Crippen LogP contribution is 2.27. The Balaban J connectivity index is 1.77. The van der Waals surface area contributed by atoms with Crippen LogP contribution < -0.4 is 4.57 Å². The molecule has 3 heteroatoms. The molecule has 0 fully saturated rings. The van der Waals surface area contributed by atoms with E-state index in [0.29, 0.717) is 0 Å². The van der Waals surface area contributed by atoms with Gasteiger partial charge < -0.3 is 0 Å². The molecule has 2 heterocycles. The van der Waals surface area contributed by atoms with Crippen LogP contribution in [0, 0.1) is 0 Å². The molecule has 3 nitrogen and oxygen atoms in total. The third-order valence-electron chi connectivity index (χ3n) is 4.50. The molecule has 1 aromatic heterocycles. The number of pyridine rings is 1. The Bertz CT molecular complexity index is 892. The minimum absolute atomic E-state index is 1.00. The highest BCUT2D eigenvalue weighted by atomic mass is 15.0. The Morgan fingerprint density at radius 1 is 1.09 bits per heavy atom. The first-order valence-corrected chi connectivity index (χ1v) is 8.15. The van der Waals surface area contributed by atoms with Crippen molar-refractivity contribution >= 4 is 28.0 Å². The lowest BCUT2D eigenvalue weighted by Gasteiger charge is -2.12. The van der Waals surface area contributed by atoms with Crippen molar-refractivity contribution in [3.05, 3.63) is 60.3 Å². The topological polar surface area (TPSA) is 19.2 Å². The van der Waals surface area contributed by atoms with Crippen LogP contribution in [0.1, 0.15) is 12.0 Å². The average molecular weight is 303 g/mol. The first-order valence-electron chi connectivity index (χ1n) is 8.15. The number of benzene rings is 1. The molecule has 0 spiro atoms. The highest BCUT2D eigenvalue weighted by molar-refractivity contribution is 6.17. The number of allylic oxidation sites excluding steroid dienone is 4. The van der Waals surface area contributed by atoms with Gasteiger partial charge in [-0.3, -0.25) is 0 Å². The van der Waals surface area contributed by atoms with Gasteiger partial charge in [-0.25, -0.2) is 9.57 Å². The molecule has 0 atom stereocenters. The molecular formula is C20H21N3+2. The Morgan fingerprint density at radius 3 is 2.70 bits per heavy atom. The maximum atomic E-state index is 4.83. The van der Waals surface area contributed by atoms with Gasteiger partial charge in [-0.1, -0.05) is 0 Å². The van der Waals surface area contributed by atoms with Crippen molar-refractivity contribution in [1.29, 1.82) is 0 Å². The van der Waals surface area contributed by atoms with Gasteiger partial charge in [-0.05, 0) is 36.8 Å². The molecule has 0 saturated carbocycles. The molecule has 0 radical (unpaired) electrons. The fourth-order valence-corrected chi connectivity index (χ4v) is 3.36. The second-order valence-corrected chi connectivity index (χ2v) is 6.37. The smallest absolute Gasteiger partial charge is 0.215 e. The van der Waals surface area contributed by atoms with Gasteiger partial charge in [0.2, 0.25) is 5.52 Å². The molecule has 1 aliphatic carbocycles. The normalized spacial score (nSPS) is 16.1. The van der Waals surface area contributed by atoms with E-state index in [4.69, 9.17) is 4.99 Å². The summed E-state index contributed by atoms with van der Waals surface area (Å²) in [5, 5.41) is 1.29. The van der Waals surface area contributed by atoms with E-state index >= 15 is 0 Å². The van der Waals surface area contributed by atoms with Crippen molar-refractivity contribution in [2.45, 2.75) is 19.4 Å². The number of aryl methyl sites for hydroxylation is 2. The van der Waals surface area contributed by atoms with Gasteiger partial charge in [0.05, 0.1) is 11.4 Å². The monoisotopic (exact) mass is 303 g/mol. The van der Waals surface area contributed by atoms with E-state index in [9.17, 15) is 0 Å². The van der Waals surface area contributed by atoms with Crippen LogP contribution >= 0.6 is 0 Å². The summed E-state index contributed by atoms with van der Waals surface area (Å²) in [5.74, 6) is 0. The van der Waals surface area contributed by atoms with E-state index in [1.165, 1.54) is 28.6 Å². The van der Waals surface area contributed by atoms with Crippen LogP contribution in [0.2, 0.25) is 0 Å². The van der Waals surface area contributed by atoms with E-state index in [0.717, 1.165) is 24.4 Å². The fourth-order valence-electron chi connectivity index (χ4n) is 3.36. The summed E-state index contributed by atoms with van der Waals surface area (Å²) in [6.45, 7) is 1.12. The lowest BCUT2D eigenvalue weighted by molar-refractivity contribution is -0.674. The first kappa shape index (κ1) is 14.1. The molecule has 2 aliphatic rings. The Morgan fingerprint density at radius 2 is 1.91 bits per heavy atom. The van der Waals surface area contributed by atoms with E-state index in [-0.39, 0.29) is 0 Å². The van der Waals surface area contributed by atoms with Crippen molar-refractivity contribution in [3.8, 4) is 0 Å². The Labute approximate surface area is 136 Å². The summed E-state index contributed by atoms with van der Waals surface area (Å²) in [5.41, 5.74) is 6.03. The fraction of sp³-hybridized carbons (Fsp3) is 0.250. The number of rotatable bonds is 1. The number of nitrogens with zero attached hydrogens (tertiary/aromatic N) is 3. The maximum Gasteiger partial charge on any atom is 0.215 e. The van der Waals surface area contributed by atoms with Crippen LogP contribution in [0.25, 0.3) is 10.9 Å². The Hall–Kier alpha value is -2.55. The van der Waals surface area contributed by atoms with Crippen molar-refractivity contribution in [1.82, 2.24) is 0 Å². The van der Waals surface area contributed by atoms with E-state index < -0.39 is 0 Å². The minimum Gasteiger partial charge on any atom is -0.249 e. The average Bonchev–Trinajstić information content (AvgIpc) is 2.56. The van der Waals surface area contributed by atoms with E-state index in [2.05, 4.69) is 78.0 Å². The molecule has 114 valence electrons. The molecule has 4 rings (SSSR count). The van der Waals surface area contributed by atoms with E-state index in [1.807, 2.05) is 0 Å². The maximum absolute atomic E-state index is 4.83. The van der Waals surface area contributed by atoms with Crippen LogP contribution in [0.5, 0.6) is 0 Å². The largest absolute Gasteiger partial charge is 0.249 e. The number of hydrogen-bond acceptors (Lipinski definition) is 1. The molecule has 0 bridgehead atoms. The third-order valence-corrected chi connectivity index (χ3v) is 4.50. The molecular weight excluding hydrogens is 282 g/mol. The predicted octanol–water partition coefficient (Wildman–Crippen LogP) is 2.99. The van der Waals surface area contributed by atoms with Crippen LogP contribution in [0.3, 0.4) is 0 Å². The van der Waals surface area contributed by atoms with Crippen molar-refractivity contribution in [3.63, 3.8) is 0 Å². The second kappa shape index (κ2) is 5.58. The molecule has 0 unspecified atom stereocenters. The van der Waals surface area contributed by atoms with Crippen molar-refractivity contribution < 1.29 is 9.14 Å². The highest BCUT2D eigenvalue weighted by Gasteiger charge is 2.19. The first-order chi connectivity index (χ1) is 11.2. The van der Waals surface area contributed by atoms with Gasteiger partial charge in [0, 0.05) is 35.6 Å². The van der Waals surface area contributed by atoms with E-state index in [1.54, 1.807) is 0 Å². The third kappa shape index (κ3) is 2.63. The summed E-state index contributed by atoms with van der Waals surface area (Å²) < 4.78 is 4.46. The quantitative estimate of drug-likeness (QED) is 0.570. The minimum atomic E-state index is 1.00. The predicted molar refractivity (Wildman–Crippen MR) is 95.0 cm³/mol. The van der Waals surface area contributed by atoms with Crippen molar-refractivity contribution in [2.24, 2.45) is 4.99 Å². The second-order valence-electron chi connectivity index (χ2n) is 6.37. The lowest BCUT2D eigenvalue weighted by atomic mass is 10.0. The van der Waals surface area contributed by atoms with Gasteiger partial charge in [0.15, 0.2) is 11.9 Å². The summed E-state index contributed by atoms with van der Waals surface area (Å²) in [4.78, 5) is 4.83. The molecule has 23 heavy (non-hydrogen) atoms. The SMILES string of the molecule is C[N+](C)=C1C=CC(=Nc2cc3c4c(ccc[n+]4CCC3)c2)C=C1. The molecule has 0 N–H and O–H groups in total. The molecule has 2 aromatic rings. The molecule has 1 aromatic carbocycles. The summed E-state index contributed by atoms with van der Waals surface area (Å²) in [6, 6.07) is 8.76. The van der Waals surface area contributed by atoms with Crippen LogP contribution in [0.4, 0.5) is 5.69 Å². The zero-order chi connectivity index (χ0) is 15.8. The molecule has 0 saturated heterocycles. The Kier molecular flexibility index (Phi) is 3.41. The molecule has 0 amide bonds. The summed E-state index contributed by atoms with van der Waals surface area (Å²) >= 11 is 0. The van der Waals surface area contributed by atoms with Gasteiger partial charge in [0.1, 0.15) is 20.6 Å². The lowest BCUT2D eigenvalue weighted by Crippen LogP contribution is -2.37. The van der Waals surface area contributed by atoms with Crippen LogP contribution in [-0.4, -0.2) is 30.1 Å². The summed E-state index contributed by atoms with van der Waals surface area (Å²) in [6.07, 6.45) is 12.9. The number of aromatic nitrogens is 1. The standard InChI is InChI=1S/C20H21N3/c1-22(2)19-9-7-17(8-10-19)21-18-13-15-5-3-11-23-12-4-6-16(14-18)20(15)23/h3,5,7-11,13-14H,4,6,12H2,1-2H3/q+2. The van der Waals surface area contributed by atoms with Gasteiger partial charge in [-0.15, -0.1) is 0 Å². The number of aliphatic imine (C=N–C) groups is 1. The van der Waals surface area contributed by atoms with Crippen molar-refractivity contribution in [2.75, 3.05) is 14.1 Å². The zero-order valence-corrected chi connectivity index (χ0v) is 13.7.